The molecule has 11 atom stereocenters. The number of ether oxygens (including phenoxy) is 2. The monoisotopic (exact) mass is 470 g/mol. The SMILES string of the molecule is CC1CC2(CC(C)C3(CCC4(C)C5CCC6C(C)(C)C(O)CCC67CC57CCC43C)O2)OC1=O. The molecular formula is C30H46O4. The fourth-order valence-corrected chi connectivity index (χ4v) is 12.5. The average Bonchev–Trinajstić information content (AvgIpc) is 3.13. The van der Waals surface area contributed by atoms with Crippen molar-refractivity contribution in [2.24, 2.45) is 50.7 Å². The molecule has 4 spiro atoms. The molecule has 5 aliphatic carbocycles. The molecule has 0 aromatic heterocycles. The van der Waals surface area contributed by atoms with E-state index in [0.717, 1.165) is 31.6 Å². The number of aliphatic hydroxyl groups excluding tert-OH is 1. The normalized spacial score (nSPS) is 63.3. The van der Waals surface area contributed by atoms with Gasteiger partial charge >= 0.3 is 5.97 Å². The van der Waals surface area contributed by atoms with Crippen molar-refractivity contribution in [3.05, 3.63) is 0 Å². The Kier molecular flexibility index (Phi) is 4.04. The van der Waals surface area contributed by atoms with Gasteiger partial charge in [0.25, 0.3) is 0 Å². The Labute approximate surface area is 205 Å². The van der Waals surface area contributed by atoms with E-state index in [1.165, 1.54) is 44.9 Å². The Morgan fingerprint density at radius 1 is 0.853 bits per heavy atom. The molecule has 190 valence electrons. The summed E-state index contributed by atoms with van der Waals surface area (Å²) in [5.41, 5.74) is 1.23. The van der Waals surface area contributed by atoms with Gasteiger partial charge in [0, 0.05) is 18.3 Å². The van der Waals surface area contributed by atoms with E-state index >= 15 is 0 Å². The van der Waals surface area contributed by atoms with Gasteiger partial charge in [-0.25, -0.2) is 0 Å². The fraction of sp³-hybridized carbons (Fsp3) is 0.967. The second-order valence-electron chi connectivity index (χ2n) is 15.3. The van der Waals surface area contributed by atoms with Crippen LogP contribution in [-0.4, -0.2) is 28.6 Å². The largest absolute Gasteiger partial charge is 0.433 e. The minimum Gasteiger partial charge on any atom is -0.433 e. The standard InChI is InChI=1S/C30H46O4/c1-18-15-29(33-23(18)32)16-19(2)30(34-29)14-11-25(5)21-8-7-20-24(3,4)22(31)9-10-27(20)17-28(21,27)13-12-26(25,30)6/h18-22,31H,7-17H2,1-6H3. The summed E-state index contributed by atoms with van der Waals surface area (Å²) in [6, 6.07) is 0. The van der Waals surface area contributed by atoms with Crippen LogP contribution in [0, 0.1) is 50.7 Å². The predicted octanol–water partition coefficient (Wildman–Crippen LogP) is 6.24. The Morgan fingerprint density at radius 2 is 1.56 bits per heavy atom. The zero-order chi connectivity index (χ0) is 24.2. The summed E-state index contributed by atoms with van der Waals surface area (Å²) in [6.07, 6.45) is 12.6. The maximum atomic E-state index is 12.4. The van der Waals surface area contributed by atoms with Gasteiger partial charge < -0.3 is 14.6 Å². The summed E-state index contributed by atoms with van der Waals surface area (Å²) in [6.45, 7) is 14.3. The van der Waals surface area contributed by atoms with E-state index in [9.17, 15) is 9.90 Å². The van der Waals surface area contributed by atoms with Crippen LogP contribution in [0.4, 0.5) is 0 Å². The van der Waals surface area contributed by atoms with Crippen molar-refractivity contribution in [3.63, 3.8) is 0 Å². The van der Waals surface area contributed by atoms with E-state index in [1.807, 2.05) is 6.92 Å². The molecule has 4 nitrogen and oxygen atoms in total. The molecule has 0 amide bonds. The Balaban J connectivity index is 1.25. The van der Waals surface area contributed by atoms with Crippen molar-refractivity contribution in [3.8, 4) is 0 Å². The molecule has 7 aliphatic rings. The Bertz CT molecular complexity index is 959. The highest BCUT2D eigenvalue weighted by molar-refractivity contribution is 5.74. The lowest BCUT2D eigenvalue weighted by Gasteiger charge is -2.64. The van der Waals surface area contributed by atoms with E-state index in [4.69, 9.17) is 9.47 Å². The molecule has 7 rings (SSSR count). The first kappa shape index (κ1) is 22.6. The molecule has 0 bridgehead atoms. The molecule has 7 fully saturated rings. The van der Waals surface area contributed by atoms with Gasteiger partial charge in [-0.3, -0.25) is 4.79 Å². The van der Waals surface area contributed by atoms with E-state index < -0.39 is 5.79 Å². The minimum atomic E-state index is -0.679. The topological polar surface area (TPSA) is 55.8 Å². The summed E-state index contributed by atoms with van der Waals surface area (Å²) in [4.78, 5) is 12.4. The summed E-state index contributed by atoms with van der Waals surface area (Å²) < 4.78 is 13.1. The number of carbonyl (C=O) groups excluding carboxylic acids is 1. The van der Waals surface area contributed by atoms with Crippen molar-refractivity contribution in [1.82, 2.24) is 0 Å². The van der Waals surface area contributed by atoms with Gasteiger partial charge in [-0.05, 0) is 97.2 Å². The maximum Gasteiger partial charge on any atom is 0.311 e. The predicted molar refractivity (Wildman–Crippen MR) is 130 cm³/mol. The van der Waals surface area contributed by atoms with Crippen molar-refractivity contribution in [1.29, 1.82) is 0 Å². The quantitative estimate of drug-likeness (QED) is 0.426. The molecule has 5 saturated carbocycles. The molecule has 2 aliphatic heterocycles. The third-order valence-electron chi connectivity index (χ3n) is 14.3. The van der Waals surface area contributed by atoms with Gasteiger partial charge in [-0.15, -0.1) is 0 Å². The molecule has 4 heteroatoms. The van der Waals surface area contributed by atoms with Crippen LogP contribution in [0.15, 0.2) is 0 Å². The highest BCUT2D eigenvalue weighted by Gasteiger charge is 2.84. The van der Waals surface area contributed by atoms with Gasteiger partial charge in [0.2, 0.25) is 5.79 Å². The van der Waals surface area contributed by atoms with E-state index in [-0.39, 0.29) is 39.8 Å². The third kappa shape index (κ3) is 2.14. The second-order valence-corrected chi connectivity index (χ2v) is 15.3. The van der Waals surface area contributed by atoms with Crippen LogP contribution in [0.2, 0.25) is 0 Å². The molecule has 2 heterocycles. The molecule has 0 aromatic rings. The number of hydrogen-bond acceptors (Lipinski definition) is 4. The van der Waals surface area contributed by atoms with Crippen LogP contribution in [0.5, 0.6) is 0 Å². The van der Waals surface area contributed by atoms with Crippen LogP contribution in [0.3, 0.4) is 0 Å². The summed E-state index contributed by atoms with van der Waals surface area (Å²) >= 11 is 0. The summed E-state index contributed by atoms with van der Waals surface area (Å²) in [5.74, 6) is 1.05. The first-order chi connectivity index (χ1) is 15.8. The second kappa shape index (κ2) is 6.09. The number of esters is 1. The Morgan fingerprint density at radius 3 is 2.26 bits per heavy atom. The number of carbonyl (C=O) groups is 1. The smallest absolute Gasteiger partial charge is 0.311 e. The zero-order valence-corrected chi connectivity index (χ0v) is 22.3. The lowest BCUT2D eigenvalue weighted by atomic mass is 9.41. The molecule has 34 heavy (non-hydrogen) atoms. The van der Waals surface area contributed by atoms with Crippen LogP contribution >= 0.6 is 0 Å². The van der Waals surface area contributed by atoms with Gasteiger partial charge in [0.1, 0.15) is 0 Å². The average molecular weight is 471 g/mol. The van der Waals surface area contributed by atoms with E-state index in [2.05, 4.69) is 34.6 Å². The van der Waals surface area contributed by atoms with Crippen molar-refractivity contribution >= 4 is 5.97 Å². The summed E-state index contributed by atoms with van der Waals surface area (Å²) in [5, 5.41) is 10.9. The van der Waals surface area contributed by atoms with Gasteiger partial charge in [0.15, 0.2) is 0 Å². The lowest BCUT2D eigenvalue weighted by Crippen LogP contribution is -2.61. The number of fused-ring (bicyclic) bond motifs is 3. The van der Waals surface area contributed by atoms with Crippen LogP contribution in [-0.2, 0) is 14.3 Å². The van der Waals surface area contributed by atoms with Crippen LogP contribution < -0.4 is 0 Å². The fourth-order valence-electron chi connectivity index (χ4n) is 12.5. The minimum absolute atomic E-state index is 0.0454. The van der Waals surface area contributed by atoms with Crippen LogP contribution in [0.1, 0.15) is 112 Å². The van der Waals surface area contributed by atoms with Gasteiger partial charge in [-0.2, -0.15) is 0 Å². The van der Waals surface area contributed by atoms with Gasteiger partial charge in [0.05, 0.1) is 17.6 Å². The van der Waals surface area contributed by atoms with Crippen molar-refractivity contribution in [2.75, 3.05) is 0 Å². The van der Waals surface area contributed by atoms with Crippen LogP contribution in [0.25, 0.3) is 0 Å². The number of hydrogen-bond donors (Lipinski definition) is 1. The van der Waals surface area contributed by atoms with E-state index in [1.54, 1.807) is 0 Å². The Hall–Kier alpha value is -0.610. The molecular weight excluding hydrogens is 424 g/mol. The third-order valence-corrected chi connectivity index (χ3v) is 14.3. The van der Waals surface area contributed by atoms with E-state index in [0.29, 0.717) is 22.7 Å². The summed E-state index contributed by atoms with van der Waals surface area (Å²) in [7, 11) is 0. The first-order valence-corrected chi connectivity index (χ1v) is 14.4. The maximum absolute atomic E-state index is 12.4. The first-order valence-electron chi connectivity index (χ1n) is 14.4. The highest BCUT2D eigenvalue weighted by atomic mass is 16.7. The van der Waals surface area contributed by atoms with Gasteiger partial charge in [-0.1, -0.05) is 41.5 Å². The molecule has 1 N–H and O–H groups in total. The number of rotatable bonds is 0. The molecule has 2 saturated heterocycles. The lowest BCUT2D eigenvalue weighted by molar-refractivity contribution is -0.269. The van der Waals surface area contributed by atoms with Crippen molar-refractivity contribution < 1.29 is 19.4 Å². The molecule has 11 unspecified atom stereocenters. The highest BCUT2D eigenvalue weighted by Crippen LogP contribution is 2.90. The molecule has 0 radical (unpaired) electrons. The number of aliphatic hydroxyl groups is 1. The van der Waals surface area contributed by atoms with Crippen molar-refractivity contribution in [2.45, 2.75) is 130 Å². The zero-order valence-electron chi connectivity index (χ0n) is 22.3. The molecule has 0 aromatic carbocycles.